The molecular formula is C21H24FN3O3. The van der Waals surface area contributed by atoms with Crippen molar-refractivity contribution in [1.29, 1.82) is 0 Å². The van der Waals surface area contributed by atoms with Gasteiger partial charge in [-0.1, -0.05) is 12.1 Å². The minimum atomic E-state index is -0.483. The largest absolute Gasteiger partial charge is 0.468 e. The van der Waals surface area contributed by atoms with Gasteiger partial charge >= 0.3 is 0 Å². The Morgan fingerprint density at radius 2 is 2.00 bits per heavy atom. The number of likely N-dealkylation sites (tertiary alicyclic amines) is 1. The van der Waals surface area contributed by atoms with Crippen LogP contribution in [-0.2, 0) is 9.59 Å². The van der Waals surface area contributed by atoms with E-state index in [-0.39, 0.29) is 36.5 Å². The Hall–Kier alpha value is -2.67. The Labute approximate surface area is 163 Å². The summed E-state index contributed by atoms with van der Waals surface area (Å²) >= 11 is 0. The van der Waals surface area contributed by atoms with E-state index >= 15 is 0 Å². The lowest BCUT2D eigenvalue weighted by Gasteiger charge is -2.26. The van der Waals surface area contributed by atoms with E-state index in [2.05, 4.69) is 10.2 Å². The van der Waals surface area contributed by atoms with Crippen molar-refractivity contribution in [2.75, 3.05) is 31.1 Å². The predicted molar refractivity (Wildman–Crippen MR) is 102 cm³/mol. The second-order valence-corrected chi connectivity index (χ2v) is 7.38. The Kier molecular flexibility index (Phi) is 5.43. The van der Waals surface area contributed by atoms with E-state index in [1.807, 2.05) is 12.1 Å². The zero-order valence-electron chi connectivity index (χ0n) is 15.6. The van der Waals surface area contributed by atoms with Crippen LogP contribution in [0.3, 0.4) is 0 Å². The quantitative estimate of drug-likeness (QED) is 0.830. The minimum Gasteiger partial charge on any atom is -0.468 e. The minimum absolute atomic E-state index is 0.0128. The number of carbonyl (C=O) groups is 2. The number of nitrogens with one attached hydrogen (secondary N) is 1. The molecule has 0 saturated carbocycles. The fraction of sp³-hybridized carbons (Fsp3) is 0.429. The van der Waals surface area contributed by atoms with Crippen LogP contribution in [0.4, 0.5) is 10.1 Å². The third kappa shape index (κ3) is 3.80. The molecule has 0 unspecified atom stereocenters. The monoisotopic (exact) mass is 385 g/mol. The molecular weight excluding hydrogens is 361 g/mol. The van der Waals surface area contributed by atoms with Crippen molar-refractivity contribution >= 4 is 17.5 Å². The van der Waals surface area contributed by atoms with Crippen molar-refractivity contribution in [2.24, 2.45) is 5.92 Å². The van der Waals surface area contributed by atoms with Gasteiger partial charge in [0.1, 0.15) is 11.6 Å². The van der Waals surface area contributed by atoms with Crippen LogP contribution >= 0.6 is 0 Å². The zero-order chi connectivity index (χ0) is 19.5. The van der Waals surface area contributed by atoms with Gasteiger partial charge in [0.25, 0.3) is 0 Å². The lowest BCUT2D eigenvalue weighted by Crippen LogP contribution is -2.39. The molecule has 2 amide bonds. The number of anilines is 1. The van der Waals surface area contributed by atoms with Crippen LogP contribution in [0.25, 0.3) is 0 Å². The number of furan rings is 1. The van der Waals surface area contributed by atoms with Gasteiger partial charge in [0, 0.05) is 19.5 Å². The van der Waals surface area contributed by atoms with Crippen molar-refractivity contribution < 1.29 is 18.4 Å². The van der Waals surface area contributed by atoms with Crippen molar-refractivity contribution in [3.8, 4) is 0 Å². The van der Waals surface area contributed by atoms with Crippen LogP contribution in [0, 0.1) is 11.7 Å². The van der Waals surface area contributed by atoms with Gasteiger partial charge in [-0.15, -0.1) is 0 Å². The maximum absolute atomic E-state index is 14.0. The first kappa shape index (κ1) is 18.7. The van der Waals surface area contributed by atoms with Crippen LogP contribution in [-0.4, -0.2) is 42.9 Å². The van der Waals surface area contributed by atoms with E-state index in [0.717, 1.165) is 31.7 Å². The van der Waals surface area contributed by atoms with Gasteiger partial charge in [0.05, 0.1) is 23.9 Å². The number of benzene rings is 1. The molecule has 0 spiro atoms. The number of hydrogen-bond acceptors (Lipinski definition) is 4. The second-order valence-electron chi connectivity index (χ2n) is 7.38. The molecule has 2 fully saturated rings. The fourth-order valence-electron chi connectivity index (χ4n) is 4.07. The number of para-hydroxylation sites is 1. The zero-order valence-corrected chi connectivity index (χ0v) is 15.6. The molecule has 148 valence electrons. The van der Waals surface area contributed by atoms with E-state index < -0.39 is 11.7 Å². The van der Waals surface area contributed by atoms with E-state index in [9.17, 15) is 14.0 Å². The molecule has 2 saturated heterocycles. The highest BCUT2D eigenvalue weighted by Crippen LogP contribution is 2.28. The number of nitrogens with zero attached hydrogens (tertiary/aromatic N) is 2. The highest BCUT2D eigenvalue weighted by molar-refractivity contribution is 6.00. The van der Waals surface area contributed by atoms with Gasteiger partial charge in [-0.3, -0.25) is 14.5 Å². The van der Waals surface area contributed by atoms with Crippen molar-refractivity contribution in [1.82, 2.24) is 10.2 Å². The molecule has 2 aliphatic rings. The second kappa shape index (κ2) is 8.14. The molecule has 0 aliphatic carbocycles. The standard InChI is InChI=1S/C21H24FN3O3/c22-16-6-1-2-7-17(16)25-14-15(12-20(25)26)21(27)23-13-18(19-8-5-11-28-19)24-9-3-4-10-24/h1-2,5-8,11,15,18H,3-4,9-10,12-14H2,(H,23,27)/t15-,18+/m1/s1. The van der Waals surface area contributed by atoms with Crippen molar-refractivity contribution in [2.45, 2.75) is 25.3 Å². The van der Waals surface area contributed by atoms with Crippen LogP contribution in [0.15, 0.2) is 47.1 Å². The first-order valence-electron chi connectivity index (χ1n) is 9.73. The summed E-state index contributed by atoms with van der Waals surface area (Å²) < 4.78 is 19.6. The lowest BCUT2D eigenvalue weighted by molar-refractivity contribution is -0.126. The van der Waals surface area contributed by atoms with Crippen LogP contribution in [0.1, 0.15) is 31.1 Å². The molecule has 3 heterocycles. The highest BCUT2D eigenvalue weighted by Gasteiger charge is 2.36. The van der Waals surface area contributed by atoms with Crippen LogP contribution in [0.5, 0.6) is 0 Å². The normalized spacial score (nSPS) is 21.2. The number of rotatable bonds is 6. The van der Waals surface area contributed by atoms with Gasteiger partial charge in [0.2, 0.25) is 11.8 Å². The van der Waals surface area contributed by atoms with Crippen LogP contribution < -0.4 is 10.2 Å². The van der Waals surface area contributed by atoms with Crippen molar-refractivity contribution in [3.05, 3.63) is 54.2 Å². The lowest BCUT2D eigenvalue weighted by atomic mass is 10.1. The first-order valence-corrected chi connectivity index (χ1v) is 9.73. The van der Waals surface area contributed by atoms with Gasteiger partial charge in [-0.05, 0) is 50.2 Å². The average Bonchev–Trinajstić information content (AvgIpc) is 3.45. The summed E-state index contributed by atoms with van der Waals surface area (Å²) in [5.74, 6) is -0.514. The van der Waals surface area contributed by atoms with E-state index in [1.165, 1.54) is 11.0 Å². The average molecular weight is 385 g/mol. The first-order chi connectivity index (χ1) is 13.6. The molecule has 4 rings (SSSR count). The molecule has 1 aromatic carbocycles. The third-order valence-corrected chi connectivity index (χ3v) is 5.56. The Balaban J connectivity index is 1.39. The predicted octanol–water partition coefficient (Wildman–Crippen LogP) is 2.72. The number of amides is 2. The van der Waals surface area contributed by atoms with Gasteiger partial charge in [-0.25, -0.2) is 4.39 Å². The Bertz CT molecular complexity index is 833. The maximum atomic E-state index is 14.0. The van der Waals surface area contributed by atoms with Crippen LogP contribution in [0.2, 0.25) is 0 Å². The van der Waals surface area contributed by atoms with E-state index in [1.54, 1.807) is 24.5 Å². The van der Waals surface area contributed by atoms with E-state index in [0.29, 0.717) is 6.54 Å². The Morgan fingerprint density at radius 3 is 2.71 bits per heavy atom. The summed E-state index contributed by atoms with van der Waals surface area (Å²) in [6, 6.07) is 9.91. The SMILES string of the molecule is O=C(NC[C@@H](c1ccco1)N1CCCC1)[C@@H]1CC(=O)N(c2ccccc2F)C1. The number of carbonyl (C=O) groups excluding carboxylic acids is 2. The molecule has 28 heavy (non-hydrogen) atoms. The van der Waals surface area contributed by atoms with Gasteiger partial charge in [0.15, 0.2) is 0 Å². The van der Waals surface area contributed by atoms with Crippen molar-refractivity contribution in [3.63, 3.8) is 0 Å². The summed E-state index contributed by atoms with van der Waals surface area (Å²) in [4.78, 5) is 28.7. The topological polar surface area (TPSA) is 65.8 Å². The molecule has 2 atom stereocenters. The van der Waals surface area contributed by atoms with Gasteiger partial charge in [-0.2, -0.15) is 0 Å². The number of hydrogen-bond donors (Lipinski definition) is 1. The summed E-state index contributed by atoms with van der Waals surface area (Å²) in [6.45, 7) is 2.58. The molecule has 1 N–H and O–H groups in total. The summed E-state index contributed by atoms with van der Waals surface area (Å²) in [6.07, 6.45) is 4.01. The Morgan fingerprint density at radius 1 is 1.21 bits per heavy atom. The molecule has 1 aromatic heterocycles. The number of halogens is 1. The fourth-order valence-corrected chi connectivity index (χ4v) is 4.07. The third-order valence-electron chi connectivity index (χ3n) is 5.56. The highest BCUT2D eigenvalue weighted by atomic mass is 19.1. The molecule has 0 radical (unpaired) electrons. The molecule has 2 aliphatic heterocycles. The molecule has 2 aromatic rings. The summed E-state index contributed by atoms with van der Waals surface area (Å²) in [7, 11) is 0. The summed E-state index contributed by atoms with van der Waals surface area (Å²) in [5, 5.41) is 2.98. The van der Waals surface area contributed by atoms with Gasteiger partial charge < -0.3 is 14.6 Å². The summed E-state index contributed by atoms with van der Waals surface area (Å²) in [5.41, 5.74) is 0.230. The molecule has 0 bridgehead atoms. The smallest absolute Gasteiger partial charge is 0.227 e. The maximum Gasteiger partial charge on any atom is 0.227 e. The van der Waals surface area contributed by atoms with E-state index in [4.69, 9.17) is 4.42 Å². The molecule has 7 heteroatoms. The molecule has 6 nitrogen and oxygen atoms in total.